The molecule has 2 aromatic heterocycles. The summed E-state index contributed by atoms with van der Waals surface area (Å²) in [5.41, 5.74) is 3.74. The number of amides is 1. The van der Waals surface area contributed by atoms with Gasteiger partial charge in [0.25, 0.3) is 5.91 Å². The van der Waals surface area contributed by atoms with E-state index in [4.69, 9.17) is 4.52 Å². The lowest BCUT2D eigenvalue weighted by molar-refractivity contribution is 0.0940. The highest BCUT2D eigenvalue weighted by atomic mass is 16.5. The van der Waals surface area contributed by atoms with Crippen molar-refractivity contribution >= 4 is 5.91 Å². The van der Waals surface area contributed by atoms with Crippen LogP contribution in [0.5, 0.6) is 0 Å². The summed E-state index contributed by atoms with van der Waals surface area (Å²) < 4.78 is 5.15. The Morgan fingerprint density at radius 2 is 2.09 bits per heavy atom. The lowest BCUT2D eigenvalue weighted by Crippen LogP contribution is -2.25. The van der Waals surface area contributed by atoms with E-state index in [0.717, 1.165) is 24.2 Å². The summed E-state index contributed by atoms with van der Waals surface area (Å²) >= 11 is 0. The van der Waals surface area contributed by atoms with Crippen LogP contribution < -0.4 is 5.32 Å². The molecule has 1 aliphatic rings. The molecule has 1 N–H and O–H groups in total. The topological polar surface area (TPSA) is 80.9 Å². The molecule has 2 aromatic rings. The highest BCUT2D eigenvalue weighted by Crippen LogP contribution is 2.21. The van der Waals surface area contributed by atoms with Crippen molar-refractivity contribution in [3.63, 3.8) is 0 Å². The number of nitrogens with zero attached hydrogens (tertiary/aromatic N) is 3. The van der Waals surface area contributed by atoms with Crippen LogP contribution in [0.3, 0.4) is 0 Å². The molecule has 0 saturated heterocycles. The lowest BCUT2D eigenvalue weighted by Gasteiger charge is -2.17. The zero-order valence-electron chi connectivity index (χ0n) is 13.8. The standard InChI is InChI=1S/C17H22N4O2/c1-10(2)15-8-14(21-23-15)17(22)18-9-16-19-11(3)12-6-4-5-7-13(12)20-16/h8,10H,4-7,9H2,1-3H3,(H,18,22). The fourth-order valence-corrected chi connectivity index (χ4v) is 2.84. The number of aryl methyl sites for hydroxylation is 2. The molecule has 0 fully saturated rings. The fraction of sp³-hybridized carbons (Fsp3) is 0.529. The minimum atomic E-state index is -0.264. The minimum Gasteiger partial charge on any atom is -0.360 e. The van der Waals surface area contributed by atoms with E-state index < -0.39 is 0 Å². The van der Waals surface area contributed by atoms with Crippen LogP contribution in [0.2, 0.25) is 0 Å². The number of aromatic nitrogens is 3. The zero-order valence-corrected chi connectivity index (χ0v) is 13.8. The molecule has 23 heavy (non-hydrogen) atoms. The lowest BCUT2D eigenvalue weighted by atomic mass is 9.95. The van der Waals surface area contributed by atoms with Gasteiger partial charge in [-0.15, -0.1) is 0 Å². The van der Waals surface area contributed by atoms with Crippen molar-refractivity contribution in [2.45, 2.75) is 58.9 Å². The van der Waals surface area contributed by atoms with Gasteiger partial charge in [-0.05, 0) is 38.2 Å². The second-order valence-corrected chi connectivity index (χ2v) is 6.31. The molecule has 6 heteroatoms. The number of nitrogens with one attached hydrogen (secondary N) is 1. The molecular formula is C17H22N4O2. The first-order valence-corrected chi connectivity index (χ1v) is 8.14. The molecule has 3 rings (SSSR count). The molecule has 0 aliphatic heterocycles. The van der Waals surface area contributed by atoms with Gasteiger partial charge >= 0.3 is 0 Å². The van der Waals surface area contributed by atoms with E-state index in [-0.39, 0.29) is 11.8 Å². The van der Waals surface area contributed by atoms with Crippen LogP contribution in [0.25, 0.3) is 0 Å². The van der Waals surface area contributed by atoms with E-state index >= 15 is 0 Å². The van der Waals surface area contributed by atoms with Crippen LogP contribution in [0, 0.1) is 6.92 Å². The molecule has 0 spiro atoms. The zero-order chi connectivity index (χ0) is 16.4. The summed E-state index contributed by atoms with van der Waals surface area (Å²) in [6.07, 6.45) is 4.44. The van der Waals surface area contributed by atoms with Gasteiger partial charge in [0.05, 0.1) is 6.54 Å². The van der Waals surface area contributed by atoms with Crippen LogP contribution in [0.1, 0.15) is 71.6 Å². The van der Waals surface area contributed by atoms with Crippen LogP contribution in [-0.4, -0.2) is 21.0 Å². The number of fused-ring (bicyclic) bond motifs is 1. The van der Waals surface area contributed by atoms with Crippen molar-refractivity contribution in [3.05, 3.63) is 40.3 Å². The van der Waals surface area contributed by atoms with E-state index in [2.05, 4.69) is 20.4 Å². The number of rotatable bonds is 4. The summed E-state index contributed by atoms with van der Waals surface area (Å²) in [5, 5.41) is 6.62. The second kappa shape index (κ2) is 6.48. The van der Waals surface area contributed by atoms with Gasteiger partial charge in [0.15, 0.2) is 5.69 Å². The average molecular weight is 314 g/mol. The Morgan fingerprint density at radius 1 is 1.30 bits per heavy atom. The van der Waals surface area contributed by atoms with E-state index in [1.165, 1.54) is 18.4 Å². The number of hydrogen-bond acceptors (Lipinski definition) is 5. The van der Waals surface area contributed by atoms with E-state index in [1.54, 1.807) is 6.07 Å². The summed E-state index contributed by atoms with van der Waals surface area (Å²) in [7, 11) is 0. The molecule has 122 valence electrons. The van der Waals surface area contributed by atoms with Crippen molar-refractivity contribution in [1.29, 1.82) is 0 Å². The molecule has 0 bridgehead atoms. The van der Waals surface area contributed by atoms with Crippen LogP contribution in [0.4, 0.5) is 0 Å². The summed E-state index contributed by atoms with van der Waals surface area (Å²) in [5.74, 6) is 1.30. The quantitative estimate of drug-likeness (QED) is 0.938. The Bertz CT molecular complexity index is 721. The Labute approximate surface area is 135 Å². The molecule has 0 radical (unpaired) electrons. The molecule has 0 atom stereocenters. The molecule has 1 amide bonds. The van der Waals surface area contributed by atoms with Gasteiger partial charge < -0.3 is 9.84 Å². The van der Waals surface area contributed by atoms with Crippen LogP contribution in [0.15, 0.2) is 10.6 Å². The molecule has 6 nitrogen and oxygen atoms in total. The first-order valence-electron chi connectivity index (χ1n) is 8.14. The van der Waals surface area contributed by atoms with Gasteiger partial charge in [0, 0.05) is 23.4 Å². The van der Waals surface area contributed by atoms with Gasteiger partial charge in [-0.1, -0.05) is 19.0 Å². The predicted molar refractivity (Wildman–Crippen MR) is 85.2 cm³/mol. The van der Waals surface area contributed by atoms with Gasteiger partial charge in [-0.25, -0.2) is 9.97 Å². The van der Waals surface area contributed by atoms with Crippen molar-refractivity contribution in [2.75, 3.05) is 0 Å². The maximum atomic E-state index is 12.1. The van der Waals surface area contributed by atoms with Crippen molar-refractivity contribution in [2.24, 2.45) is 0 Å². The van der Waals surface area contributed by atoms with Crippen LogP contribution in [-0.2, 0) is 19.4 Å². The van der Waals surface area contributed by atoms with Gasteiger partial charge in [-0.3, -0.25) is 4.79 Å². The van der Waals surface area contributed by atoms with Gasteiger partial charge in [0.2, 0.25) is 0 Å². The van der Waals surface area contributed by atoms with Crippen molar-refractivity contribution in [1.82, 2.24) is 20.4 Å². The molecule has 0 unspecified atom stereocenters. The monoisotopic (exact) mass is 314 g/mol. The van der Waals surface area contributed by atoms with Crippen LogP contribution >= 0.6 is 0 Å². The number of hydrogen-bond donors (Lipinski definition) is 1. The third-order valence-electron chi connectivity index (χ3n) is 4.17. The SMILES string of the molecule is Cc1nc(CNC(=O)c2cc(C(C)C)on2)nc2c1CCCC2. The maximum Gasteiger partial charge on any atom is 0.273 e. The molecule has 2 heterocycles. The summed E-state index contributed by atoms with van der Waals surface area (Å²) in [6, 6.07) is 1.68. The summed E-state index contributed by atoms with van der Waals surface area (Å²) in [6.45, 7) is 6.30. The Hall–Kier alpha value is -2.24. The van der Waals surface area contributed by atoms with E-state index in [1.807, 2.05) is 20.8 Å². The highest BCUT2D eigenvalue weighted by molar-refractivity contribution is 5.92. The van der Waals surface area contributed by atoms with E-state index in [9.17, 15) is 4.79 Å². The Morgan fingerprint density at radius 3 is 2.83 bits per heavy atom. The normalized spacial score (nSPS) is 13.9. The predicted octanol–water partition coefficient (Wildman–Crippen LogP) is 2.71. The molecular weight excluding hydrogens is 292 g/mol. The Kier molecular flexibility index (Phi) is 4.41. The van der Waals surface area contributed by atoms with E-state index in [0.29, 0.717) is 23.8 Å². The smallest absolute Gasteiger partial charge is 0.273 e. The number of carbonyl (C=O) groups is 1. The molecule has 0 aromatic carbocycles. The average Bonchev–Trinajstić information content (AvgIpc) is 3.03. The third kappa shape index (κ3) is 3.41. The molecule has 1 aliphatic carbocycles. The van der Waals surface area contributed by atoms with Gasteiger partial charge in [-0.2, -0.15) is 0 Å². The minimum absolute atomic E-state index is 0.204. The summed E-state index contributed by atoms with van der Waals surface area (Å²) in [4.78, 5) is 21.3. The Balaban J connectivity index is 1.68. The first-order chi connectivity index (χ1) is 11.0. The van der Waals surface area contributed by atoms with Crippen molar-refractivity contribution < 1.29 is 9.32 Å². The first kappa shape index (κ1) is 15.6. The highest BCUT2D eigenvalue weighted by Gasteiger charge is 2.17. The van der Waals surface area contributed by atoms with Gasteiger partial charge in [0.1, 0.15) is 11.6 Å². The third-order valence-corrected chi connectivity index (χ3v) is 4.17. The number of carbonyl (C=O) groups excluding carboxylic acids is 1. The maximum absolute atomic E-state index is 12.1. The fourth-order valence-electron chi connectivity index (χ4n) is 2.84. The van der Waals surface area contributed by atoms with Crippen molar-refractivity contribution in [3.8, 4) is 0 Å². The molecule has 0 saturated carbocycles. The largest absolute Gasteiger partial charge is 0.360 e. The second-order valence-electron chi connectivity index (χ2n) is 6.31.